The molecule has 0 aliphatic carbocycles. The van der Waals surface area contributed by atoms with Gasteiger partial charge in [0.2, 0.25) is 0 Å². The summed E-state index contributed by atoms with van der Waals surface area (Å²) in [5, 5.41) is 2.66. The third-order valence-corrected chi connectivity index (χ3v) is 4.56. The van der Waals surface area contributed by atoms with Crippen molar-refractivity contribution in [3.63, 3.8) is 0 Å². The quantitative estimate of drug-likeness (QED) is 0.605. The predicted molar refractivity (Wildman–Crippen MR) is 99.2 cm³/mol. The number of carbonyl (C=O) groups excluding carboxylic acids is 2. The molecule has 0 unspecified atom stereocenters. The molecule has 0 aliphatic rings. The molecule has 0 radical (unpaired) electrons. The molecule has 0 saturated heterocycles. The van der Waals surface area contributed by atoms with E-state index in [0.717, 1.165) is 16.0 Å². The molecule has 0 atom stereocenters. The van der Waals surface area contributed by atoms with Crippen LogP contribution in [0, 0.1) is 13.8 Å². The number of nitrogens with one attached hydrogen (secondary N) is 1. The smallest absolute Gasteiger partial charge is 0.316 e. The highest BCUT2D eigenvalue weighted by molar-refractivity contribution is 8.00. The van der Waals surface area contributed by atoms with Crippen molar-refractivity contribution in [3.8, 4) is 5.75 Å². The molecule has 25 heavy (non-hydrogen) atoms. The van der Waals surface area contributed by atoms with Gasteiger partial charge in [0.15, 0.2) is 6.61 Å². The summed E-state index contributed by atoms with van der Waals surface area (Å²) in [4.78, 5) is 24.7. The Balaban J connectivity index is 1.75. The molecule has 0 aromatic heterocycles. The third-order valence-electron chi connectivity index (χ3n) is 3.43. The van der Waals surface area contributed by atoms with E-state index >= 15 is 0 Å². The minimum Gasteiger partial charge on any atom is -0.497 e. The second kappa shape index (κ2) is 9.13. The van der Waals surface area contributed by atoms with Gasteiger partial charge in [-0.1, -0.05) is 17.7 Å². The molecule has 1 N–H and O–H groups in total. The van der Waals surface area contributed by atoms with Gasteiger partial charge in [0.1, 0.15) is 5.75 Å². The number of carbonyl (C=O) groups is 2. The molecule has 0 spiro atoms. The number of benzene rings is 2. The Morgan fingerprint density at radius 2 is 1.80 bits per heavy atom. The molecule has 2 rings (SSSR count). The molecule has 0 bridgehead atoms. The van der Waals surface area contributed by atoms with Crippen molar-refractivity contribution >= 4 is 29.3 Å². The molecule has 5 nitrogen and oxygen atoms in total. The van der Waals surface area contributed by atoms with Gasteiger partial charge in [-0.2, -0.15) is 0 Å². The monoisotopic (exact) mass is 359 g/mol. The van der Waals surface area contributed by atoms with Crippen LogP contribution in [0.25, 0.3) is 0 Å². The Labute approximate surface area is 151 Å². The second-order valence-corrected chi connectivity index (χ2v) is 6.51. The molecule has 1 amide bonds. The molecular formula is C19H21NO4S. The van der Waals surface area contributed by atoms with Crippen LogP contribution in [0.15, 0.2) is 47.4 Å². The fourth-order valence-electron chi connectivity index (χ4n) is 2.06. The normalized spacial score (nSPS) is 10.2. The van der Waals surface area contributed by atoms with Crippen LogP contribution in [0.2, 0.25) is 0 Å². The minimum absolute atomic E-state index is 0.167. The van der Waals surface area contributed by atoms with Crippen LogP contribution in [0.3, 0.4) is 0 Å². The van der Waals surface area contributed by atoms with E-state index in [1.165, 1.54) is 11.8 Å². The molecular weight excluding hydrogens is 338 g/mol. The van der Waals surface area contributed by atoms with Gasteiger partial charge in [0.25, 0.3) is 5.91 Å². The van der Waals surface area contributed by atoms with Gasteiger partial charge in [-0.3, -0.25) is 9.59 Å². The molecule has 132 valence electrons. The summed E-state index contributed by atoms with van der Waals surface area (Å²) < 4.78 is 10.1. The first-order valence-electron chi connectivity index (χ1n) is 7.77. The SMILES string of the molecule is COc1ccc(NC(=O)COC(=O)CSc2cc(C)ccc2C)cc1. The molecule has 2 aromatic rings. The van der Waals surface area contributed by atoms with E-state index < -0.39 is 5.97 Å². The fraction of sp³-hybridized carbons (Fsp3) is 0.263. The first-order valence-corrected chi connectivity index (χ1v) is 8.76. The van der Waals surface area contributed by atoms with E-state index in [2.05, 4.69) is 5.32 Å². The fourth-order valence-corrected chi connectivity index (χ4v) is 2.98. The van der Waals surface area contributed by atoms with E-state index in [1.807, 2.05) is 32.0 Å². The van der Waals surface area contributed by atoms with Crippen LogP contribution < -0.4 is 10.1 Å². The molecule has 0 fully saturated rings. The number of rotatable bonds is 7. The van der Waals surface area contributed by atoms with Crippen LogP contribution in [0.5, 0.6) is 5.75 Å². The van der Waals surface area contributed by atoms with Gasteiger partial charge in [0.05, 0.1) is 12.9 Å². The Bertz CT molecular complexity index is 744. The second-order valence-electron chi connectivity index (χ2n) is 5.49. The number of anilines is 1. The lowest BCUT2D eigenvalue weighted by atomic mass is 10.2. The largest absolute Gasteiger partial charge is 0.497 e. The van der Waals surface area contributed by atoms with Crippen LogP contribution in [0.4, 0.5) is 5.69 Å². The van der Waals surface area contributed by atoms with Gasteiger partial charge in [0, 0.05) is 10.6 Å². The van der Waals surface area contributed by atoms with E-state index in [0.29, 0.717) is 11.4 Å². The Morgan fingerprint density at radius 3 is 2.48 bits per heavy atom. The Morgan fingerprint density at radius 1 is 1.08 bits per heavy atom. The van der Waals surface area contributed by atoms with Crippen LogP contribution in [-0.2, 0) is 14.3 Å². The first-order chi connectivity index (χ1) is 12.0. The van der Waals surface area contributed by atoms with E-state index in [9.17, 15) is 9.59 Å². The average Bonchev–Trinajstić information content (AvgIpc) is 2.61. The van der Waals surface area contributed by atoms with Gasteiger partial charge in [-0.25, -0.2) is 0 Å². The van der Waals surface area contributed by atoms with Crippen LogP contribution in [0.1, 0.15) is 11.1 Å². The highest BCUT2D eigenvalue weighted by Gasteiger charge is 2.10. The predicted octanol–water partition coefficient (Wildman–Crippen LogP) is 3.59. The summed E-state index contributed by atoms with van der Waals surface area (Å²) >= 11 is 1.41. The molecule has 0 saturated carbocycles. The van der Waals surface area contributed by atoms with E-state index in [4.69, 9.17) is 9.47 Å². The number of hydrogen-bond donors (Lipinski definition) is 1. The summed E-state index contributed by atoms with van der Waals surface area (Å²) in [6, 6.07) is 13.0. The average molecular weight is 359 g/mol. The van der Waals surface area contributed by atoms with Gasteiger partial charge >= 0.3 is 5.97 Å². The first kappa shape index (κ1) is 18.9. The summed E-state index contributed by atoms with van der Waals surface area (Å²) in [7, 11) is 1.57. The number of aryl methyl sites for hydroxylation is 2. The Hall–Kier alpha value is -2.47. The summed E-state index contributed by atoms with van der Waals surface area (Å²) in [6.45, 7) is 3.69. The maximum absolute atomic E-state index is 11.8. The topological polar surface area (TPSA) is 64.6 Å². The van der Waals surface area contributed by atoms with Crippen molar-refractivity contribution in [2.24, 2.45) is 0 Å². The summed E-state index contributed by atoms with van der Waals surface area (Å²) in [5.74, 6) is 0.0686. The van der Waals surface area contributed by atoms with Crippen molar-refractivity contribution in [1.82, 2.24) is 0 Å². The Kier molecular flexibility index (Phi) is 6.89. The van der Waals surface area contributed by atoms with Crippen molar-refractivity contribution in [2.45, 2.75) is 18.7 Å². The molecule has 6 heteroatoms. The van der Waals surface area contributed by atoms with Crippen LogP contribution >= 0.6 is 11.8 Å². The molecule has 0 aliphatic heterocycles. The van der Waals surface area contributed by atoms with Crippen LogP contribution in [-0.4, -0.2) is 31.3 Å². The number of thioether (sulfide) groups is 1. The lowest BCUT2D eigenvalue weighted by Crippen LogP contribution is -2.21. The van der Waals surface area contributed by atoms with Gasteiger partial charge in [-0.05, 0) is 49.7 Å². The molecule has 0 heterocycles. The number of esters is 1. The van der Waals surface area contributed by atoms with Crippen molar-refractivity contribution < 1.29 is 19.1 Å². The lowest BCUT2D eigenvalue weighted by Gasteiger charge is -2.08. The summed E-state index contributed by atoms with van der Waals surface area (Å²) in [6.07, 6.45) is 0. The highest BCUT2D eigenvalue weighted by atomic mass is 32.2. The van der Waals surface area contributed by atoms with Crippen molar-refractivity contribution in [2.75, 3.05) is 24.8 Å². The van der Waals surface area contributed by atoms with Crippen molar-refractivity contribution in [1.29, 1.82) is 0 Å². The standard InChI is InChI=1S/C19H21NO4S/c1-13-4-5-14(2)17(10-13)25-12-19(22)24-11-18(21)20-15-6-8-16(23-3)9-7-15/h4-10H,11-12H2,1-3H3,(H,20,21). The summed E-state index contributed by atoms with van der Waals surface area (Å²) in [5.41, 5.74) is 2.87. The minimum atomic E-state index is -0.421. The number of ether oxygens (including phenoxy) is 2. The lowest BCUT2D eigenvalue weighted by molar-refractivity contribution is -0.144. The number of methoxy groups -OCH3 is 1. The zero-order chi connectivity index (χ0) is 18.2. The van der Waals surface area contributed by atoms with Gasteiger partial charge < -0.3 is 14.8 Å². The maximum Gasteiger partial charge on any atom is 0.316 e. The zero-order valence-corrected chi connectivity index (χ0v) is 15.3. The van der Waals surface area contributed by atoms with E-state index in [1.54, 1.807) is 31.4 Å². The highest BCUT2D eigenvalue weighted by Crippen LogP contribution is 2.23. The van der Waals surface area contributed by atoms with E-state index in [-0.39, 0.29) is 18.3 Å². The van der Waals surface area contributed by atoms with Gasteiger partial charge in [-0.15, -0.1) is 11.8 Å². The number of amides is 1. The molecule has 2 aromatic carbocycles. The zero-order valence-electron chi connectivity index (χ0n) is 14.5. The number of hydrogen-bond acceptors (Lipinski definition) is 5. The van der Waals surface area contributed by atoms with Crippen molar-refractivity contribution in [3.05, 3.63) is 53.6 Å². The third kappa shape index (κ3) is 6.15. The maximum atomic E-state index is 11.8.